The molecule has 2 heterocycles. The van der Waals surface area contributed by atoms with Gasteiger partial charge in [-0.25, -0.2) is 13.5 Å². The van der Waals surface area contributed by atoms with E-state index < -0.39 is 17.5 Å². The molecule has 1 aromatic heterocycles. The number of amides is 1. The van der Waals surface area contributed by atoms with Gasteiger partial charge in [0.25, 0.3) is 11.5 Å². The van der Waals surface area contributed by atoms with E-state index in [2.05, 4.69) is 15.3 Å². The van der Waals surface area contributed by atoms with Crippen molar-refractivity contribution in [2.75, 3.05) is 19.6 Å². The first-order chi connectivity index (χ1) is 14.5. The first kappa shape index (κ1) is 20.2. The van der Waals surface area contributed by atoms with Crippen LogP contribution in [0.25, 0.3) is 10.8 Å². The van der Waals surface area contributed by atoms with Crippen molar-refractivity contribution in [2.24, 2.45) is 0 Å². The Morgan fingerprint density at radius 3 is 2.47 bits per heavy atom. The molecule has 0 saturated carbocycles. The zero-order valence-electron chi connectivity index (χ0n) is 16.4. The molecular formula is C22H22F2N4O2. The Morgan fingerprint density at radius 1 is 1.00 bits per heavy atom. The maximum absolute atomic E-state index is 13.4. The van der Waals surface area contributed by atoms with Crippen LogP contribution in [0.15, 0.2) is 47.3 Å². The second kappa shape index (κ2) is 8.71. The molecule has 1 aliphatic rings. The highest BCUT2D eigenvalue weighted by Gasteiger charge is 2.15. The molecule has 3 aromatic rings. The van der Waals surface area contributed by atoms with Crippen LogP contribution < -0.4 is 10.9 Å². The Labute approximate surface area is 172 Å². The number of hydrogen-bond donors (Lipinski definition) is 1. The van der Waals surface area contributed by atoms with Crippen molar-refractivity contribution in [1.82, 2.24) is 20.0 Å². The Morgan fingerprint density at radius 2 is 1.73 bits per heavy atom. The number of hydrogen-bond acceptors (Lipinski definition) is 4. The minimum Gasteiger partial charge on any atom is -0.346 e. The second-order valence-electron chi connectivity index (χ2n) is 7.38. The van der Waals surface area contributed by atoms with E-state index in [0.717, 1.165) is 31.8 Å². The van der Waals surface area contributed by atoms with Crippen molar-refractivity contribution in [1.29, 1.82) is 0 Å². The molecular weight excluding hydrogens is 390 g/mol. The third kappa shape index (κ3) is 4.23. The van der Waals surface area contributed by atoms with Gasteiger partial charge in [-0.2, -0.15) is 5.10 Å². The number of halogens is 2. The topological polar surface area (TPSA) is 67.2 Å². The van der Waals surface area contributed by atoms with Gasteiger partial charge in [-0.3, -0.25) is 9.59 Å². The molecule has 0 aliphatic carbocycles. The van der Waals surface area contributed by atoms with Crippen LogP contribution in [0.2, 0.25) is 0 Å². The lowest BCUT2D eigenvalue weighted by Crippen LogP contribution is -2.32. The van der Waals surface area contributed by atoms with Gasteiger partial charge in [0.15, 0.2) is 11.6 Å². The molecule has 0 spiro atoms. The molecule has 156 valence electrons. The lowest BCUT2D eigenvalue weighted by Gasteiger charge is -2.16. The van der Waals surface area contributed by atoms with Crippen LogP contribution in [-0.4, -0.2) is 40.2 Å². The van der Waals surface area contributed by atoms with Crippen LogP contribution >= 0.6 is 0 Å². The average Bonchev–Trinajstić information content (AvgIpc) is 3.28. The SMILES string of the molecule is O=C(NCc1nn(CCN2CCCC2)c(=O)c2ccccc12)c1ccc(F)c(F)c1. The van der Waals surface area contributed by atoms with Crippen molar-refractivity contribution in [3.63, 3.8) is 0 Å². The summed E-state index contributed by atoms with van der Waals surface area (Å²) in [6, 6.07) is 10.1. The molecule has 30 heavy (non-hydrogen) atoms. The maximum Gasteiger partial charge on any atom is 0.274 e. The van der Waals surface area contributed by atoms with Crippen molar-refractivity contribution in [2.45, 2.75) is 25.9 Å². The number of likely N-dealkylation sites (tertiary alicyclic amines) is 1. The number of aromatic nitrogens is 2. The van der Waals surface area contributed by atoms with Crippen molar-refractivity contribution < 1.29 is 13.6 Å². The summed E-state index contributed by atoms with van der Waals surface area (Å²) >= 11 is 0. The Hall–Kier alpha value is -3.13. The summed E-state index contributed by atoms with van der Waals surface area (Å²) in [5.74, 6) is -2.64. The smallest absolute Gasteiger partial charge is 0.274 e. The van der Waals surface area contributed by atoms with E-state index in [4.69, 9.17) is 0 Å². The summed E-state index contributed by atoms with van der Waals surface area (Å²) in [5, 5.41) is 8.36. The fourth-order valence-corrected chi connectivity index (χ4v) is 3.73. The molecule has 6 nitrogen and oxygen atoms in total. The number of carbonyl (C=O) groups excluding carboxylic acids is 1. The van der Waals surface area contributed by atoms with Crippen LogP contribution in [0, 0.1) is 11.6 Å². The molecule has 0 bridgehead atoms. The van der Waals surface area contributed by atoms with E-state index in [0.29, 0.717) is 23.0 Å². The number of nitrogens with zero attached hydrogens (tertiary/aromatic N) is 3. The number of rotatable bonds is 6. The van der Waals surface area contributed by atoms with E-state index >= 15 is 0 Å². The molecule has 1 aliphatic heterocycles. The summed E-state index contributed by atoms with van der Waals surface area (Å²) in [6.45, 7) is 3.32. The number of carbonyl (C=O) groups is 1. The zero-order chi connectivity index (χ0) is 21.1. The van der Waals surface area contributed by atoms with Gasteiger partial charge in [-0.1, -0.05) is 18.2 Å². The van der Waals surface area contributed by atoms with Crippen LogP contribution in [0.5, 0.6) is 0 Å². The largest absolute Gasteiger partial charge is 0.346 e. The van der Waals surface area contributed by atoms with Gasteiger partial charge in [0, 0.05) is 17.5 Å². The number of benzene rings is 2. The molecule has 0 unspecified atom stereocenters. The molecule has 1 amide bonds. The molecule has 1 fully saturated rings. The Balaban J connectivity index is 1.57. The summed E-state index contributed by atoms with van der Waals surface area (Å²) in [7, 11) is 0. The van der Waals surface area contributed by atoms with Gasteiger partial charge < -0.3 is 10.2 Å². The van der Waals surface area contributed by atoms with Gasteiger partial charge in [0.1, 0.15) is 0 Å². The second-order valence-corrected chi connectivity index (χ2v) is 7.38. The normalized spacial score (nSPS) is 14.3. The van der Waals surface area contributed by atoms with Crippen LogP contribution in [0.4, 0.5) is 8.78 Å². The molecule has 0 radical (unpaired) electrons. The van der Waals surface area contributed by atoms with E-state index in [-0.39, 0.29) is 17.7 Å². The highest BCUT2D eigenvalue weighted by atomic mass is 19.2. The highest BCUT2D eigenvalue weighted by molar-refractivity contribution is 5.94. The van der Waals surface area contributed by atoms with E-state index in [1.165, 1.54) is 23.6 Å². The van der Waals surface area contributed by atoms with Crippen LogP contribution in [0.1, 0.15) is 28.9 Å². The first-order valence-corrected chi connectivity index (χ1v) is 9.97. The van der Waals surface area contributed by atoms with Crippen molar-refractivity contribution in [3.8, 4) is 0 Å². The fraction of sp³-hybridized carbons (Fsp3) is 0.318. The zero-order valence-corrected chi connectivity index (χ0v) is 16.4. The van der Waals surface area contributed by atoms with Gasteiger partial charge in [0.05, 0.1) is 24.2 Å². The minimum absolute atomic E-state index is 0.0144. The van der Waals surface area contributed by atoms with Crippen molar-refractivity contribution in [3.05, 3.63) is 75.7 Å². The minimum atomic E-state index is -1.08. The summed E-state index contributed by atoms with van der Waals surface area (Å²) in [5.41, 5.74) is 0.392. The third-order valence-corrected chi connectivity index (χ3v) is 5.37. The molecule has 2 aromatic carbocycles. The Kier molecular flexibility index (Phi) is 5.85. The van der Waals surface area contributed by atoms with Crippen molar-refractivity contribution >= 4 is 16.7 Å². The fourth-order valence-electron chi connectivity index (χ4n) is 3.73. The summed E-state index contributed by atoms with van der Waals surface area (Å²) < 4.78 is 28.0. The van der Waals surface area contributed by atoms with E-state index in [1.807, 2.05) is 0 Å². The Bertz CT molecular complexity index is 1140. The van der Waals surface area contributed by atoms with Gasteiger partial charge in [-0.15, -0.1) is 0 Å². The van der Waals surface area contributed by atoms with Gasteiger partial charge in [-0.05, 0) is 50.2 Å². The highest BCUT2D eigenvalue weighted by Crippen LogP contribution is 2.14. The van der Waals surface area contributed by atoms with Crippen LogP contribution in [0.3, 0.4) is 0 Å². The van der Waals surface area contributed by atoms with Crippen LogP contribution in [-0.2, 0) is 13.1 Å². The number of nitrogens with one attached hydrogen (secondary N) is 1. The molecule has 1 N–H and O–H groups in total. The van der Waals surface area contributed by atoms with Gasteiger partial charge >= 0.3 is 0 Å². The molecule has 0 atom stereocenters. The lowest BCUT2D eigenvalue weighted by atomic mass is 10.1. The molecule has 4 rings (SSSR count). The number of fused-ring (bicyclic) bond motifs is 1. The van der Waals surface area contributed by atoms with E-state index in [9.17, 15) is 18.4 Å². The predicted octanol–water partition coefficient (Wildman–Crippen LogP) is 2.70. The standard InChI is InChI=1S/C22H22F2N4O2/c23-18-8-7-15(13-19(18)24)21(29)25-14-20-16-5-1-2-6-17(16)22(30)28(26-20)12-11-27-9-3-4-10-27/h1-2,5-8,13H,3-4,9-12,14H2,(H,25,29). The monoisotopic (exact) mass is 412 g/mol. The quantitative estimate of drug-likeness (QED) is 0.676. The molecule has 8 heteroatoms. The summed E-state index contributed by atoms with van der Waals surface area (Å²) in [6.07, 6.45) is 2.34. The van der Waals surface area contributed by atoms with Gasteiger partial charge in [0.2, 0.25) is 0 Å². The molecule has 1 saturated heterocycles. The maximum atomic E-state index is 13.4. The predicted molar refractivity (Wildman–Crippen MR) is 109 cm³/mol. The first-order valence-electron chi connectivity index (χ1n) is 9.97. The lowest BCUT2D eigenvalue weighted by molar-refractivity contribution is 0.0950. The summed E-state index contributed by atoms with van der Waals surface area (Å²) in [4.78, 5) is 27.5. The van der Waals surface area contributed by atoms with E-state index in [1.54, 1.807) is 24.3 Å². The third-order valence-electron chi connectivity index (χ3n) is 5.37. The average molecular weight is 412 g/mol.